The topological polar surface area (TPSA) is 20.2 Å². The first kappa shape index (κ1) is 14.8. The molecule has 0 aromatic rings. The first-order valence-corrected chi connectivity index (χ1v) is 7.20. The van der Waals surface area contributed by atoms with Crippen LogP contribution in [0.5, 0.6) is 0 Å². The minimum absolute atomic E-state index is 0.732. The molecular weight excluding hydrogens is 232 g/mol. The summed E-state index contributed by atoms with van der Waals surface area (Å²) < 4.78 is 0. The smallest absolute Gasteiger partial charge is 0.149 e. The number of rotatable bonds is 6. The zero-order valence-corrected chi connectivity index (χ0v) is 11.8. The van der Waals surface area contributed by atoms with Crippen LogP contribution in [0, 0.1) is 5.92 Å². The number of alkyl halides is 1. The first-order valence-electron chi connectivity index (χ1n) is 6.76. The van der Waals surface area contributed by atoms with E-state index >= 15 is 0 Å². The molecule has 1 unspecified atom stereocenters. The van der Waals surface area contributed by atoms with E-state index in [9.17, 15) is 0 Å². The van der Waals surface area contributed by atoms with E-state index in [1.54, 1.807) is 5.57 Å². The summed E-state index contributed by atoms with van der Waals surface area (Å²) in [5.41, 5.74) is 1.71. The monoisotopic (exact) mass is 256 g/mol. The molecule has 0 radical (unpaired) electrons. The van der Waals surface area contributed by atoms with E-state index in [2.05, 4.69) is 19.1 Å². The molecule has 0 bridgehead atoms. The predicted octanol–water partition coefficient (Wildman–Crippen LogP) is 4.80. The number of hydrogen-bond acceptors (Lipinski definition) is 1. The third-order valence-corrected chi connectivity index (χ3v) is 3.84. The second-order valence-corrected chi connectivity index (χ2v) is 5.69. The van der Waals surface area contributed by atoms with Crippen molar-refractivity contribution in [2.45, 2.75) is 64.4 Å². The molecule has 0 aromatic carbocycles. The van der Waals surface area contributed by atoms with E-state index in [1.807, 2.05) is 6.92 Å². The van der Waals surface area contributed by atoms with Gasteiger partial charge < -0.3 is 5.11 Å². The SMILES string of the molecule is C/C(=C\CC[C@@H](C)CC1=CCCCC1)C(O)Cl. The molecule has 17 heavy (non-hydrogen) atoms. The largest absolute Gasteiger partial charge is 0.374 e. The third kappa shape index (κ3) is 6.28. The van der Waals surface area contributed by atoms with Gasteiger partial charge in [0.25, 0.3) is 0 Å². The van der Waals surface area contributed by atoms with Gasteiger partial charge in [-0.2, -0.15) is 0 Å². The highest BCUT2D eigenvalue weighted by atomic mass is 35.5. The Labute approximate surface area is 111 Å². The molecule has 1 rings (SSSR count). The Hall–Kier alpha value is -0.270. The molecule has 0 aliphatic heterocycles. The van der Waals surface area contributed by atoms with Crippen LogP contribution in [-0.2, 0) is 0 Å². The van der Waals surface area contributed by atoms with Crippen molar-refractivity contribution in [2.75, 3.05) is 0 Å². The molecule has 2 heteroatoms. The number of aliphatic hydroxyl groups excluding tert-OH is 1. The van der Waals surface area contributed by atoms with Crippen molar-refractivity contribution in [3.63, 3.8) is 0 Å². The summed E-state index contributed by atoms with van der Waals surface area (Å²) in [4.78, 5) is 0. The Balaban J connectivity index is 2.23. The molecule has 1 aliphatic rings. The van der Waals surface area contributed by atoms with Crippen molar-refractivity contribution in [1.82, 2.24) is 0 Å². The summed E-state index contributed by atoms with van der Waals surface area (Å²) >= 11 is 5.58. The number of halogens is 1. The molecule has 2 atom stereocenters. The van der Waals surface area contributed by atoms with Gasteiger partial charge in [0.2, 0.25) is 0 Å². The fourth-order valence-corrected chi connectivity index (χ4v) is 2.42. The number of hydrogen-bond donors (Lipinski definition) is 1. The molecule has 1 nitrogen and oxygen atoms in total. The zero-order chi connectivity index (χ0) is 12.7. The average molecular weight is 257 g/mol. The number of aliphatic hydroxyl groups is 1. The summed E-state index contributed by atoms with van der Waals surface area (Å²) in [7, 11) is 0. The van der Waals surface area contributed by atoms with Crippen molar-refractivity contribution in [1.29, 1.82) is 0 Å². The highest BCUT2D eigenvalue weighted by Crippen LogP contribution is 2.25. The van der Waals surface area contributed by atoms with Gasteiger partial charge in [0.1, 0.15) is 5.56 Å². The van der Waals surface area contributed by atoms with Crippen molar-refractivity contribution < 1.29 is 5.11 Å². The Morgan fingerprint density at radius 2 is 2.29 bits per heavy atom. The maximum Gasteiger partial charge on any atom is 0.149 e. The van der Waals surface area contributed by atoms with Crippen LogP contribution in [0.2, 0.25) is 0 Å². The number of allylic oxidation sites excluding steroid dienone is 3. The standard InChI is InChI=1S/C15H25ClO/c1-12(7-6-8-13(2)15(16)17)11-14-9-4-3-5-10-14/h8-9,12,15,17H,3-7,10-11H2,1-2H3/b13-8+/t12-,15?/m1/s1. The normalized spacial score (nSPS) is 20.9. The molecule has 98 valence electrons. The Kier molecular flexibility index (Phi) is 6.91. The molecule has 0 fully saturated rings. The lowest BCUT2D eigenvalue weighted by atomic mass is 9.90. The summed E-state index contributed by atoms with van der Waals surface area (Å²) in [5.74, 6) is 0.732. The predicted molar refractivity (Wildman–Crippen MR) is 75.2 cm³/mol. The molecule has 0 spiro atoms. The minimum atomic E-state index is -0.814. The maximum absolute atomic E-state index is 9.14. The van der Waals surface area contributed by atoms with Crippen LogP contribution in [0.3, 0.4) is 0 Å². The van der Waals surface area contributed by atoms with E-state index < -0.39 is 5.56 Å². The van der Waals surface area contributed by atoms with Crippen LogP contribution >= 0.6 is 11.6 Å². The van der Waals surface area contributed by atoms with Crippen molar-refractivity contribution >= 4 is 11.6 Å². The van der Waals surface area contributed by atoms with Crippen LogP contribution in [0.4, 0.5) is 0 Å². The lowest BCUT2D eigenvalue weighted by Gasteiger charge is -2.17. The lowest BCUT2D eigenvalue weighted by Crippen LogP contribution is -2.01. The molecule has 0 amide bonds. The van der Waals surface area contributed by atoms with Crippen molar-refractivity contribution in [3.05, 3.63) is 23.3 Å². The summed E-state index contributed by atoms with van der Waals surface area (Å²) in [5, 5.41) is 9.14. The fourth-order valence-electron chi connectivity index (χ4n) is 2.33. The quantitative estimate of drug-likeness (QED) is 0.535. The first-order chi connectivity index (χ1) is 8.09. The molecular formula is C15H25ClO. The summed E-state index contributed by atoms with van der Waals surface area (Å²) in [6, 6.07) is 0. The van der Waals surface area contributed by atoms with Gasteiger partial charge in [-0.25, -0.2) is 0 Å². The van der Waals surface area contributed by atoms with Crippen molar-refractivity contribution in [2.24, 2.45) is 5.92 Å². The molecule has 1 aliphatic carbocycles. The molecule has 0 aromatic heterocycles. The highest BCUT2D eigenvalue weighted by molar-refractivity contribution is 6.21. The molecule has 0 saturated heterocycles. The van der Waals surface area contributed by atoms with Gasteiger partial charge >= 0.3 is 0 Å². The fraction of sp³-hybridized carbons (Fsp3) is 0.733. The third-order valence-electron chi connectivity index (χ3n) is 3.50. The van der Waals surface area contributed by atoms with Crippen LogP contribution in [-0.4, -0.2) is 10.7 Å². The summed E-state index contributed by atoms with van der Waals surface area (Å²) in [6.45, 7) is 4.20. The highest BCUT2D eigenvalue weighted by Gasteiger charge is 2.08. The van der Waals surface area contributed by atoms with Gasteiger partial charge in [0.15, 0.2) is 0 Å². The van der Waals surface area contributed by atoms with Gasteiger partial charge in [-0.1, -0.05) is 36.2 Å². The van der Waals surface area contributed by atoms with Crippen LogP contribution in [0.1, 0.15) is 58.8 Å². The second kappa shape index (κ2) is 7.94. The van der Waals surface area contributed by atoms with Crippen molar-refractivity contribution in [3.8, 4) is 0 Å². The van der Waals surface area contributed by atoms with E-state index in [4.69, 9.17) is 16.7 Å². The zero-order valence-electron chi connectivity index (χ0n) is 11.1. The minimum Gasteiger partial charge on any atom is -0.374 e. The molecule has 0 saturated carbocycles. The maximum atomic E-state index is 9.14. The van der Waals surface area contributed by atoms with E-state index in [-0.39, 0.29) is 0 Å². The van der Waals surface area contributed by atoms with Crippen LogP contribution in [0.25, 0.3) is 0 Å². The van der Waals surface area contributed by atoms with Gasteiger partial charge in [-0.15, -0.1) is 0 Å². The van der Waals surface area contributed by atoms with Gasteiger partial charge in [-0.05, 0) is 63.4 Å². The molecule has 0 heterocycles. The Morgan fingerprint density at radius 3 is 2.88 bits per heavy atom. The van der Waals surface area contributed by atoms with E-state index in [0.717, 1.165) is 17.9 Å². The lowest BCUT2D eigenvalue weighted by molar-refractivity contribution is 0.290. The van der Waals surface area contributed by atoms with E-state index in [1.165, 1.54) is 38.5 Å². The Morgan fingerprint density at radius 1 is 1.53 bits per heavy atom. The summed E-state index contributed by atoms with van der Waals surface area (Å²) in [6.07, 6.45) is 13.3. The molecule has 1 N–H and O–H groups in total. The van der Waals surface area contributed by atoms with Gasteiger partial charge in [0.05, 0.1) is 0 Å². The Bertz CT molecular complexity index is 279. The van der Waals surface area contributed by atoms with Crippen LogP contribution < -0.4 is 0 Å². The van der Waals surface area contributed by atoms with Gasteiger partial charge in [0, 0.05) is 0 Å². The average Bonchev–Trinajstić information content (AvgIpc) is 2.30. The van der Waals surface area contributed by atoms with Gasteiger partial charge in [-0.3, -0.25) is 0 Å². The second-order valence-electron chi connectivity index (χ2n) is 5.28. The van der Waals surface area contributed by atoms with Crippen LogP contribution in [0.15, 0.2) is 23.3 Å². The van der Waals surface area contributed by atoms with E-state index in [0.29, 0.717) is 0 Å².